The lowest BCUT2D eigenvalue weighted by Gasteiger charge is -2.22. The summed E-state index contributed by atoms with van der Waals surface area (Å²) in [7, 11) is -4.03. The maximum Gasteiger partial charge on any atom is 0.269 e. The molecule has 2 aromatic rings. The number of anilines is 1. The molecule has 1 aliphatic rings. The van der Waals surface area contributed by atoms with E-state index >= 15 is 0 Å². The molecule has 2 aromatic carbocycles. The van der Waals surface area contributed by atoms with Crippen LogP contribution in [0, 0.1) is 0 Å². The molecule has 0 aliphatic carbocycles. The van der Waals surface area contributed by atoms with Gasteiger partial charge in [0.2, 0.25) is 5.91 Å². The molecule has 0 bridgehead atoms. The van der Waals surface area contributed by atoms with Gasteiger partial charge in [-0.1, -0.05) is 38.1 Å². The van der Waals surface area contributed by atoms with Crippen molar-refractivity contribution in [2.45, 2.75) is 37.6 Å². The minimum absolute atomic E-state index is 0.0639. The second kappa shape index (κ2) is 6.57. The molecule has 1 heterocycles. The topological polar surface area (TPSA) is 83.6 Å². The van der Waals surface area contributed by atoms with E-state index in [1.165, 1.54) is 19.1 Å². The van der Waals surface area contributed by atoms with E-state index in [9.17, 15) is 18.0 Å². The third-order valence-corrected chi connectivity index (χ3v) is 6.34. The van der Waals surface area contributed by atoms with Crippen molar-refractivity contribution in [3.05, 3.63) is 59.7 Å². The Kier molecular flexibility index (Phi) is 4.58. The lowest BCUT2D eigenvalue weighted by molar-refractivity contribution is -0.118. The van der Waals surface area contributed by atoms with Gasteiger partial charge in [-0.25, -0.2) is 12.7 Å². The van der Waals surface area contributed by atoms with Crippen molar-refractivity contribution < 1.29 is 18.0 Å². The van der Waals surface area contributed by atoms with Crippen LogP contribution >= 0.6 is 0 Å². The largest absolute Gasteiger partial charge is 0.324 e. The third kappa shape index (κ3) is 2.99. The van der Waals surface area contributed by atoms with Crippen molar-refractivity contribution in [2.75, 3.05) is 5.32 Å². The van der Waals surface area contributed by atoms with Crippen LogP contribution in [0.25, 0.3) is 0 Å². The Morgan fingerprint density at radius 3 is 2.19 bits per heavy atom. The van der Waals surface area contributed by atoms with E-state index in [1.54, 1.807) is 24.3 Å². The normalized spacial score (nSPS) is 16.5. The van der Waals surface area contributed by atoms with Crippen LogP contribution in [-0.2, 0) is 14.8 Å². The van der Waals surface area contributed by atoms with Gasteiger partial charge >= 0.3 is 0 Å². The number of fused-ring (bicyclic) bond motifs is 1. The number of carbonyl (C=O) groups excluding carboxylic acids is 2. The lowest BCUT2D eigenvalue weighted by atomic mass is 10.0. The molecule has 1 atom stereocenters. The van der Waals surface area contributed by atoms with Gasteiger partial charge in [0.1, 0.15) is 10.9 Å². The number of benzene rings is 2. The van der Waals surface area contributed by atoms with Crippen molar-refractivity contribution in [1.82, 2.24) is 4.31 Å². The molecule has 0 fully saturated rings. The quantitative estimate of drug-likeness (QED) is 0.894. The molecule has 1 aliphatic heterocycles. The highest BCUT2D eigenvalue weighted by Gasteiger charge is 2.45. The number of rotatable bonds is 4. The van der Waals surface area contributed by atoms with Gasteiger partial charge in [-0.15, -0.1) is 0 Å². The molecule has 0 aromatic heterocycles. The molecule has 0 spiro atoms. The van der Waals surface area contributed by atoms with E-state index in [1.807, 2.05) is 12.1 Å². The fraction of sp³-hybridized carbons (Fsp3) is 0.263. The highest BCUT2D eigenvalue weighted by atomic mass is 32.2. The standard InChI is InChI=1S/C19H20N2O4S/c1-12(2)14-8-10-15(11-9-14)20-18(22)13(3)21-19(23)16-6-4-5-7-17(16)26(21,24)25/h4-13H,1-3H3,(H,20,22)/t13-/m0/s1. The number of carbonyl (C=O) groups is 2. The van der Waals surface area contributed by atoms with Crippen LogP contribution < -0.4 is 5.32 Å². The minimum Gasteiger partial charge on any atom is -0.324 e. The van der Waals surface area contributed by atoms with E-state index < -0.39 is 27.9 Å². The summed E-state index contributed by atoms with van der Waals surface area (Å²) in [5.74, 6) is -0.880. The van der Waals surface area contributed by atoms with Gasteiger partial charge in [-0.2, -0.15) is 0 Å². The predicted molar refractivity (Wildman–Crippen MR) is 98.4 cm³/mol. The first-order valence-electron chi connectivity index (χ1n) is 8.32. The molecule has 0 saturated carbocycles. The van der Waals surface area contributed by atoms with Crippen molar-refractivity contribution >= 4 is 27.5 Å². The van der Waals surface area contributed by atoms with E-state index in [0.29, 0.717) is 15.9 Å². The molecule has 0 saturated heterocycles. The number of nitrogens with zero attached hydrogens (tertiary/aromatic N) is 1. The summed E-state index contributed by atoms with van der Waals surface area (Å²) in [5, 5.41) is 2.67. The molecular weight excluding hydrogens is 352 g/mol. The Balaban J connectivity index is 1.82. The van der Waals surface area contributed by atoms with Crippen LogP contribution in [0.15, 0.2) is 53.4 Å². The maximum absolute atomic E-state index is 12.6. The molecule has 6 nitrogen and oxygen atoms in total. The van der Waals surface area contributed by atoms with Crippen LogP contribution in [-0.4, -0.2) is 30.6 Å². The second-order valence-corrected chi connectivity index (χ2v) is 8.33. The van der Waals surface area contributed by atoms with Crippen LogP contribution in [0.3, 0.4) is 0 Å². The molecule has 0 radical (unpaired) electrons. The molecular formula is C19H20N2O4S. The fourth-order valence-corrected chi connectivity index (χ4v) is 4.62. The van der Waals surface area contributed by atoms with Crippen LogP contribution in [0.1, 0.15) is 42.6 Å². The molecule has 1 N–H and O–H groups in total. The first-order valence-corrected chi connectivity index (χ1v) is 9.76. The minimum atomic E-state index is -4.03. The van der Waals surface area contributed by atoms with Gasteiger partial charge < -0.3 is 5.32 Å². The zero-order valence-corrected chi connectivity index (χ0v) is 15.6. The van der Waals surface area contributed by atoms with Gasteiger partial charge in [-0.05, 0) is 42.7 Å². The van der Waals surface area contributed by atoms with Crippen molar-refractivity contribution in [3.63, 3.8) is 0 Å². The van der Waals surface area contributed by atoms with Crippen molar-refractivity contribution in [1.29, 1.82) is 0 Å². The van der Waals surface area contributed by atoms with Crippen molar-refractivity contribution in [2.24, 2.45) is 0 Å². The van der Waals surface area contributed by atoms with Gasteiger partial charge in [0.05, 0.1) is 5.56 Å². The van der Waals surface area contributed by atoms with Crippen LogP contribution in [0.2, 0.25) is 0 Å². The number of hydrogen-bond donors (Lipinski definition) is 1. The summed E-state index contributed by atoms with van der Waals surface area (Å²) >= 11 is 0. The molecule has 136 valence electrons. The average molecular weight is 372 g/mol. The number of hydrogen-bond acceptors (Lipinski definition) is 4. The van der Waals surface area contributed by atoms with Crippen LogP contribution in [0.5, 0.6) is 0 Å². The Hall–Kier alpha value is -2.67. The Bertz CT molecular complexity index is 965. The second-order valence-electron chi connectivity index (χ2n) is 6.54. The third-order valence-electron chi connectivity index (χ3n) is 4.43. The molecule has 26 heavy (non-hydrogen) atoms. The highest BCUT2D eigenvalue weighted by Crippen LogP contribution is 2.32. The molecule has 0 unspecified atom stereocenters. The summed E-state index contributed by atoms with van der Waals surface area (Å²) in [5.41, 5.74) is 1.77. The Labute approximate surface area is 152 Å². The summed E-state index contributed by atoms with van der Waals surface area (Å²) < 4.78 is 25.9. The van der Waals surface area contributed by atoms with Gasteiger partial charge in [0.15, 0.2) is 0 Å². The lowest BCUT2D eigenvalue weighted by Crippen LogP contribution is -2.45. The van der Waals surface area contributed by atoms with Gasteiger partial charge in [-0.3, -0.25) is 9.59 Å². The molecule has 7 heteroatoms. The zero-order valence-electron chi connectivity index (χ0n) is 14.8. The van der Waals surface area contributed by atoms with Crippen molar-refractivity contribution in [3.8, 4) is 0 Å². The summed E-state index contributed by atoms with van der Waals surface area (Å²) in [6.45, 7) is 5.54. The summed E-state index contributed by atoms with van der Waals surface area (Å²) in [6, 6.07) is 12.1. The Morgan fingerprint density at radius 2 is 1.62 bits per heavy atom. The van der Waals surface area contributed by atoms with E-state index in [4.69, 9.17) is 0 Å². The first-order chi connectivity index (χ1) is 12.2. The molecule has 3 rings (SSSR count). The Morgan fingerprint density at radius 1 is 1.00 bits per heavy atom. The average Bonchev–Trinajstić information content (AvgIpc) is 2.81. The molecule has 2 amide bonds. The van der Waals surface area contributed by atoms with E-state index in [-0.39, 0.29) is 10.5 Å². The number of sulfonamides is 1. The maximum atomic E-state index is 12.6. The smallest absolute Gasteiger partial charge is 0.269 e. The van der Waals surface area contributed by atoms with E-state index in [0.717, 1.165) is 5.56 Å². The monoisotopic (exact) mass is 372 g/mol. The summed E-state index contributed by atoms with van der Waals surface area (Å²) in [4.78, 5) is 25.0. The fourth-order valence-electron chi connectivity index (χ4n) is 2.89. The summed E-state index contributed by atoms with van der Waals surface area (Å²) in [6.07, 6.45) is 0. The first kappa shape index (κ1) is 18.1. The predicted octanol–water partition coefficient (Wildman–Crippen LogP) is 2.98. The van der Waals surface area contributed by atoms with Crippen LogP contribution in [0.4, 0.5) is 5.69 Å². The highest BCUT2D eigenvalue weighted by molar-refractivity contribution is 7.90. The SMILES string of the molecule is CC(C)c1ccc(NC(=O)[C@H](C)N2C(=O)c3ccccc3S2(=O)=O)cc1. The number of nitrogens with one attached hydrogen (secondary N) is 1. The number of amides is 2. The van der Waals surface area contributed by atoms with E-state index in [2.05, 4.69) is 19.2 Å². The van der Waals surface area contributed by atoms with Gasteiger partial charge in [0.25, 0.3) is 15.9 Å². The van der Waals surface area contributed by atoms with Gasteiger partial charge in [0, 0.05) is 5.69 Å². The zero-order chi connectivity index (χ0) is 19.1.